The van der Waals surface area contributed by atoms with Crippen molar-refractivity contribution in [3.63, 3.8) is 0 Å². The van der Waals surface area contributed by atoms with Gasteiger partial charge >= 0.3 is 0 Å². The van der Waals surface area contributed by atoms with E-state index in [4.69, 9.17) is 0 Å². The summed E-state index contributed by atoms with van der Waals surface area (Å²) < 4.78 is 20.4. The second-order valence-electron chi connectivity index (χ2n) is 7.09. The summed E-state index contributed by atoms with van der Waals surface area (Å²) >= 11 is 1.33. The predicted molar refractivity (Wildman–Crippen MR) is 113 cm³/mol. The SMILES string of the molecule is Cc1cn2cc(NC(=O)c3ccc(N4CCNCC4)c4csnc34)cc(F)c2n1. The van der Waals surface area contributed by atoms with Crippen LogP contribution in [0.25, 0.3) is 16.6 Å². The van der Waals surface area contributed by atoms with Gasteiger partial charge in [0.25, 0.3) is 5.91 Å². The lowest BCUT2D eigenvalue weighted by Gasteiger charge is -2.30. The molecule has 1 fully saturated rings. The summed E-state index contributed by atoms with van der Waals surface area (Å²) in [5.74, 6) is -0.799. The molecule has 0 unspecified atom stereocenters. The molecular formula is C20H19FN6OS. The molecule has 4 aromatic rings. The van der Waals surface area contributed by atoms with Gasteiger partial charge in [0.1, 0.15) is 0 Å². The number of carbonyl (C=O) groups is 1. The van der Waals surface area contributed by atoms with Gasteiger partial charge in [0, 0.05) is 61.1 Å². The Bertz CT molecular complexity index is 1230. The Balaban J connectivity index is 1.48. The first-order valence-electron chi connectivity index (χ1n) is 9.39. The minimum atomic E-state index is -0.483. The highest BCUT2D eigenvalue weighted by Crippen LogP contribution is 2.31. The van der Waals surface area contributed by atoms with Gasteiger partial charge in [-0.25, -0.2) is 9.37 Å². The molecule has 2 N–H and O–H groups in total. The minimum absolute atomic E-state index is 0.239. The Morgan fingerprint density at radius 1 is 1.28 bits per heavy atom. The third kappa shape index (κ3) is 3.22. The topological polar surface area (TPSA) is 74.6 Å². The third-order valence-electron chi connectivity index (χ3n) is 5.10. The van der Waals surface area contributed by atoms with E-state index in [1.807, 2.05) is 11.4 Å². The van der Waals surface area contributed by atoms with E-state index >= 15 is 0 Å². The minimum Gasteiger partial charge on any atom is -0.368 e. The van der Waals surface area contributed by atoms with Crippen LogP contribution in [0.3, 0.4) is 0 Å². The van der Waals surface area contributed by atoms with Crippen LogP contribution in [0.15, 0.2) is 36.0 Å². The Kier molecular flexibility index (Phi) is 4.40. The number of nitrogens with one attached hydrogen (secondary N) is 2. The summed E-state index contributed by atoms with van der Waals surface area (Å²) in [5, 5.41) is 9.09. The molecule has 0 spiro atoms. The number of hydrogen-bond acceptors (Lipinski definition) is 6. The molecule has 0 bridgehead atoms. The first-order valence-corrected chi connectivity index (χ1v) is 10.2. The van der Waals surface area contributed by atoms with Crippen LogP contribution >= 0.6 is 11.5 Å². The van der Waals surface area contributed by atoms with Crippen LogP contribution in [0.2, 0.25) is 0 Å². The molecule has 0 saturated carbocycles. The average Bonchev–Trinajstić information content (AvgIpc) is 3.34. The molecule has 148 valence electrons. The molecule has 29 heavy (non-hydrogen) atoms. The van der Waals surface area contributed by atoms with Gasteiger partial charge in [0.05, 0.1) is 22.5 Å². The Hall–Kier alpha value is -3.04. The van der Waals surface area contributed by atoms with Crippen LogP contribution in [-0.4, -0.2) is 45.8 Å². The maximum absolute atomic E-state index is 14.3. The number of nitrogens with zero attached hydrogens (tertiary/aromatic N) is 4. The van der Waals surface area contributed by atoms with Gasteiger partial charge in [-0.15, -0.1) is 0 Å². The standard InChI is InChI=1S/C20H19FN6OS/c1-12-9-27-10-13(8-16(21)19(27)23-12)24-20(28)14-2-3-17(15-11-29-25-18(14)15)26-6-4-22-5-7-26/h2-3,8-11,22H,4-7H2,1H3,(H,24,28). The number of halogens is 1. The van der Waals surface area contributed by atoms with Gasteiger partial charge in [-0.1, -0.05) is 0 Å². The van der Waals surface area contributed by atoms with Crippen LogP contribution in [0.4, 0.5) is 15.8 Å². The molecule has 1 saturated heterocycles. The van der Waals surface area contributed by atoms with E-state index < -0.39 is 5.82 Å². The van der Waals surface area contributed by atoms with Crippen LogP contribution in [0.5, 0.6) is 0 Å². The highest BCUT2D eigenvalue weighted by Gasteiger charge is 2.19. The van der Waals surface area contributed by atoms with Crippen LogP contribution in [0, 0.1) is 12.7 Å². The fourth-order valence-electron chi connectivity index (χ4n) is 3.75. The number of imidazole rings is 1. The number of piperazine rings is 1. The van der Waals surface area contributed by atoms with Gasteiger partial charge < -0.3 is 19.9 Å². The summed E-state index contributed by atoms with van der Waals surface area (Å²) in [6, 6.07) is 5.05. The van der Waals surface area contributed by atoms with Crippen molar-refractivity contribution in [2.75, 3.05) is 36.4 Å². The molecule has 5 rings (SSSR count). The van der Waals surface area contributed by atoms with Crippen molar-refractivity contribution in [2.45, 2.75) is 6.92 Å². The number of hydrogen-bond donors (Lipinski definition) is 2. The molecule has 9 heteroatoms. The van der Waals surface area contributed by atoms with Crippen LogP contribution < -0.4 is 15.5 Å². The molecule has 0 atom stereocenters. The quantitative estimate of drug-likeness (QED) is 0.543. The number of aryl methyl sites for hydroxylation is 1. The average molecular weight is 410 g/mol. The van der Waals surface area contributed by atoms with Crippen molar-refractivity contribution < 1.29 is 9.18 Å². The fourth-order valence-corrected chi connectivity index (χ4v) is 4.45. The Morgan fingerprint density at radius 2 is 2.10 bits per heavy atom. The van der Waals surface area contributed by atoms with E-state index in [0.717, 1.165) is 37.3 Å². The number of rotatable bonds is 3. The van der Waals surface area contributed by atoms with E-state index in [0.29, 0.717) is 22.5 Å². The first kappa shape index (κ1) is 18.0. The van der Waals surface area contributed by atoms with Crippen molar-refractivity contribution in [1.29, 1.82) is 0 Å². The number of carbonyl (C=O) groups excluding carboxylic acids is 1. The predicted octanol–water partition coefficient (Wildman–Crippen LogP) is 3.05. The van der Waals surface area contributed by atoms with Gasteiger partial charge in [-0.3, -0.25) is 4.79 Å². The summed E-state index contributed by atoms with van der Waals surface area (Å²) in [4.78, 5) is 19.4. The molecular weight excluding hydrogens is 391 g/mol. The second kappa shape index (κ2) is 7.09. The lowest BCUT2D eigenvalue weighted by Crippen LogP contribution is -2.43. The third-order valence-corrected chi connectivity index (χ3v) is 5.72. The maximum Gasteiger partial charge on any atom is 0.257 e. The Labute approximate surface area is 170 Å². The molecule has 1 aromatic carbocycles. The van der Waals surface area contributed by atoms with Crippen LogP contribution in [-0.2, 0) is 0 Å². The number of aromatic nitrogens is 3. The highest BCUT2D eigenvalue weighted by atomic mass is 32.1. The van der Waals surface area contributed by atoms with Gasteiger partial charge in [-0.2, -0.15) is 4.37 Å². The van der Waals surface area contributed by atoms with E-state index in [-0.39, 0.29) is 11.6 Å². The lowest BCUT2D eigenvalue weighted by atomic mass is 10.1. The maximum atomic E-state index is 14.3. The monoisotopic (exact) mass is 410 g/mol. The number of benzene rings is 1. The number of pyridine rings is 1. The molecule has 0 radical (unpaired) electrons. The normalized spacial score (nSPS) is 14.6. The highest BCUT2D eigenvalue weighted by molar-refractivity contribution is 7.05. The smallest absolute Gasteiger partial charge is 0.257 e. The zero-order chi connectivity index (χ0) is 20.0. The zero-order valence-corrected chi connectivity index (χ0v) is 16.6. The second-order valence-corrected chi connectivity index (χ2v) is 7.72. The number of anilines is 2. The van der Waals surface area contributed by atoms with Crippen molar-refractivity contribution >= 4 is 45.4 Å². The lowest BCUT2D eigenvalue weighted by molar-refractivity contribution is 0.102. The molecule has 7 nitrogen and oxygen atoms in total. The first-order chi connectivity index (χ1) is 14.1. The van der Waals surface area contributed by atoms with Crippen molar-refractivity contribution in [2.24, 2.45) is 0 Å². The Morgan fingerprint density at radius 3 is 2.93 bits per heavy atom. The molecule has 1 aliphatic heterocycles. The molecule has 1 aliphatic rings. The molecule has 0 aliphatic carbocycles. The van der Waals surface area contributed by atoms with E-state index in [9.17, 15) is 9.18 Å². The van der Waals surface area contributed by atoms with Gasteiger partial charge in [0.2, 0.25) is 0 Å². The van der Waals surface area contributed by atoms with Crippen LogP contribution in [0.1, 0.15) is 16.1 Å². The zero-order valence-electron chi connectivity index (χ0n) is 15.8. The molecule has 3 aromatic heterocycles. The van der Waals surface area contributed by atoms with E-state index in [1.54, 1.807) is 29.8 Å². The van der Waals surface area contributed by atoms with Gasteiger partial charge in [0.15, 0.2) is 11.5 Å². The van der Waals surface area contributed by atoms with Crippen molar-refractivity contribution in [1.82, 2.24) is 19.1 Å². The van der Waals surface area contributed by atoms with Crippen molar-refractivity contribution in [3.8, 4) is 0 Å². The summed E-state index contributed by atoms with van der Waals surface area (Å²) in [5.41, 5.74) is 3.55. The van der Waals surface area contributed by atoms with E-state index in [1.165, 1.54) is 17.6 Å². The van der Waals surface area contributed by atoms with E-state index in [2.05, 4.69) is 24.9 Å². The summed E-state index contributed by atoms with van der Waals surface area (Å²) in [7, 11) is 0. The fraction of sp³-hybridized carbons (Fsp3) is 0.250. The molecule has 1 amide bonds. The molecule has 4 heterocycles. The van der Waals surface area contributed by atoms with Crippen molar-refractivity contribution in [3.05, 3.63) is 53.0 Å². The summed E-state index contributed by atoms with van der Waals surface area (Å²) in [6.45, 7) is 5.50. The number of amides is 1. The number of fused-ring (bicyclic) bond motifs is 2. The largest absolute Gasteiger partial charge is 0.368 e. The summed E-state index contributed by atoms with van der Waals surface area (Å²) in [6.07, 6.45) is 3.37. The van der Waals surface area contributed by atoms with Gasteiger partial charge in [-0.05, 0) is 30.6 Å².